The zero-order valence-electron chi connectivity index (χ0n) is 12.8. The summed E-state index contributed by atoms with van der Waals surface area (Å²) in [6, 6.07) is 12.9. The van der Waals surface area contributed by atoms with Gasteiger partial charge in [0.1, 0.15) is 11.5 Å². The summed E-state index contributed by atoms with van der Waals surface area (Å²) in [5, 5.41) is 17.0. The van der Waals surface area contributed by atoms with Crippen LogP contribution in [0.25, 0.3) is 11.5 Å². The fourth-order valence-corrected chi connectivity index (χ4v) is 1.97. The largest absolute Gasteiger partial charge is 0.508 e. The minimum atomic E-state index is -0.542. The van der Waals surface area contributed by atoms with Crippen molar-refractivity contribution in [2.75, 3.05) is 7.11 Å². The number of hydrogen-bond acceptors (Lipinski definition) is 7. The maximum absolute atomic E-state index is 11.9. The van der Waals surface area contributed by atoms with Gasteiger partial charge in [0.2, 0.25) is 5.89 Å². The zero-order valence-corrected chi connectivity index (χ0v) is 12.8. The van der Waals surface area contributed by atoms with E-state index in [2.05, 4.69) is 10.2 Å². The van der Waals surface area contributed by atoms with Gasteiger partial charge >= 0.3 is 5.97 Å². The molecule has 0 saturated heterocycles. The molecule has 0 saturated carbocycles. The van der Waals surface area contributed by atoms with Crippen LogP contribution < -0.4 is 4.74 Å². The van der Waals surface area contributed by atoms with Gasteiger partial charge in [-0.15, -0.1) is 10.2 Å². The Balaban J connectivity index is 1.63. The number of aromatic hydroxyl groups is 1. The number of rotatable bonds is 5. The maximum Gasteiger partial charge on any atom is 0.338 e. The van der Waals surface area contributed by atoms with Crippen molar-refractivity contribution in [3.8, 4) is 23.0 Å². The number of nitrogens with zero attached hydrogens (tertiary/aromatic N) is 2. The molecule has 7 nitrogen and oxygen atoms in total. The molecule has 0 aliphatic carbocycles. The monoisotopic (exact) mass is 326 g/mol. The van der Waals surface area contributed by atoms with Crippen molar-refractivity contribution in [1.82, 2.24) is 10.2 Å². The van der Waals surface area contributed by atoms with Gasteiger partial charge in [0.15, 0.2) is 6.61 Å². The third-order valence-electron chi connectivity index (χ3n) is 3.23. The number of phenols is 1. The second kappa shape index (κ2) is 6.82. The van der Waals surface area contributed by atoms with Crippen LogP contribution in [0.4, 0.5) is 0 Å². The highest BCUT2D eigenvalue weighted by Crippen LogP contribution is 2.21. The van der Waals surface area contributed by atoms with Crippen molar-refractivity contribution in [2.24, 2.45) is 0 Å². The van der Waals surface area contributed by atoms with Crippen LogP contribution in [0, 0.1) is 0 Å². The SMILES string of the molecule is COc1ccc(-c2nnc(COC(=O)c3ccc(O)cc3)o2)cc1. The lowest BCUT2D eigenvalue weighted by molar-refractivity contribution is 0.0438. The first kappa shape index (κ1) is 15.5. The van der Waals surface area contributed by atoms with Crippen LogP contribution in [-0.2, 0) is 11.3 Å². The standard InChI is InChI=1S/C17H14N2O5/c1-22-14-8-4-11(5-9-14)16-19-18-15(24-16)10-23-17(21)12-2-6-13(20)7-3-12/h2-9,20H,10H2,1H3. The molecule has 0 radical (unpaired) electrons. The Morgan fingerprint density at radius 1 is 1.08 bits per heavy atom. The van der Waals surface area contributed by atoms with E-state index < -0.39 is 5.97 Å². The topological polar surface area (TPSA) is 94.7 Å². The van der Waals surface area contributed by atoms with Crippen LogP contribution in [0.15, 0.2) is 52.9 Å². The lowest BCUT2D eigenvalue weighted by atomic mass is 10.2. The summed E-state index contributed by atoms with van der Waals surface area (Å²) in [5.74, 6) is 0.773. The molecule has 1 heterocycles. The second-order valence-corrected chi connectivity index (χ2v) is 4.85. The Bertz CT molecular complexity index is 825. The molecule has 7 heteroatoms. The lowest BCUT2D eigenvalue weighted by Crippen LogP contribution is -2.05. The van der Waals surface area contributed by atoms with Gasteiger partial charge in [-0.05, 0) is 48.5 Å². The number of aromatic nitrogens is 2. The fourth-order valence-electron chi connectivity index (χ4n) is 1.97. The molecule has 1 N–H and O–H groups in total. The summed E-state index contributed by atoms with van der Waals surface area (Å²) in [7, 11) is 1.59. The average molecular weight is 326 g/mol. The maximum atomic E-state index is 11.9. The van der Waals surface area contributed by atoms with Crippen LogP contribution in [0.3, 0.4) is 0 Å². The molecule has 3 aromatic rings. The molecule has 0 spiro atoms. The highest BCUT2D eigenvalue weighted by molar-refractivity contribution is 5.89. The van der Waals surface area contributed by atoms with Crippen molar-refractivity contribution in [1.29, 1.82) is 0 Å². The predicted molar refractivity (Wildman–Crippen MR) is 83.5 cm³/mol. The summed E-state index contributed by atoms with van der Waals surface area (Å²) in [4.78, 5) is 11.9. The molecule has 1 aromatic heterocycles. The number of ether oxygens (including phenoxy) is 2. The van der Waals surface area contributed by atoms with E-state index in [1.807, 2.05) is 0 Å². The summed E-state index contributed by atoms with van der Waals surface area (Å²) >= 11 is 0. The van der Waals surface area contributed by atoms with E-state index in [1.165, 1.54) is 24.3 Å². The molecule has 2 aromatic carbocycles. The Morgan fingerprint density at radius 2 is 1.79 bits per heavy atom. The smallest absolute Gasteiger partial charge is 0.338 e. The molecular weight excluding hydrogens is 312 g/mol. The lowest BCUT2D eigenvalue weighted by Gasteiger charge is -2.02. The van der Waals surface area contributed by atoms with Gasteiger partial charge in [-0.1, -0.05) is 0 Å². The first-order valence-corrected chi connectivity index (χ1v) is 7.08. The number of carbonyl (C=O) groups excluding carboxylic acids is 1. The number of hydrogen-bond donors (Lipinski definition) is 1. The van der Waals surface area contributed by atoms with Crippen LogP contribution in [-0.4, -0.2) is 28.4 Å². The number of benzene rings is 2. The van der Waals surface area contributed by atoms with Gasteiger partial charge in [0.05, 0.1) is 12.7 Å². The van der Waals surface area contributed by atoms with E-state index >= 15 is 0 Å². The third kappa shape index (κ3) is 3.52. The Hall–Kier alpha value is -3.35. The summed E-state index contributed by atoms with van der Waals surface area (Å²) < 4.78 is 15.7. The minimum Gasteiger partial charge on any atom is -0.508 e. The van der Waals surface area contributed by atoms with E-state index in [-0.39, 0.29) is 18.2 Å². The van der Waals surface area contributed by atoms with Crippen LogP contribution >= 0.6 is 0 Å². The van der Waals surface area contributed by atoms with Crippen molar-refractivity contribution < 1.29 is 23.8 Å². The first-order valence-electron chi connectivity index (χ1n) is 7.08. The molecule has 3 rings (SSSR count). The molecule has 0 aliphatic rings. The third-order valence-corrected chi connectivity index (χ3v) is 3.23. The molecular formula is C17H14N2O5. The Labute approximate surface area is 137 Å². The quantitative estimate of drug-likeness (QED) is 0.720. The molecule has 24 heavy (non-hydrogen) atoms. The van der Waals surface area contributed by atoms with Gasteiger partial charge in [-0.2, -0.15) is 0 Å². The van der Waals surface area contributed by atoms with Gasteiger partial charge in [-0.25, -0.2) is 4.79 Å². The Kier molecular flexibility index (Phi) is 4.42. The fraction of sp³-hybridized carbons (Fsp3) is 0.118. The molecule has 0 fully saturated rings. The van der Waals surface area contributed by atoms with E-state index in [4.69, 9.17) is 13.9 Å². The van der Waals surface area contributed by atoms with E-state index in [0.717, 1.165) is 11.3 Å². The van der Waals surface area contributed by atoms with Gasteiger partial charge in [0.25, 0.3) is 5.89 Å². The highest BCUT2D eigenvalue weighted by atomic mass is 16.5. The van der Waals surface area contributed by atoms with Gasteiger partial charge < -0.3 is 19.0 Å². The number of esters is 1. The summed E-state index contributed by atoms with van der Waals surface area (Å²) in [6.07, 6.45) is 0. The highest BCUT2D eigenvalue weighted by Gasteiger charge is 2.12. The van der Waals surface area contributed by atoms with Crippen molar-refractivity contribution in [3.63, 3.8) is 0 Å². The minimum absolute atomic E-state index is 0.0765. The number of phenolic OH excluding ortho intramolecular Hbond substituents is 1. The molecule has 122 valence electrons. The van der Waals surface area contributed by atoms with E-state index in [1.54, 1.807) is 31.4 Å². The number of carbonyl (C=O) groups is 1. The molecule has 0 bridgehead atoms. The predicted octanol–water partition coefficient (Wildman–Crippen LogP) is 2.81. The molecule has 0 aliphatic heterocycles. The molecule has 0 amide bonds. The van der Waals surface area contributed by atoms with Crippen LogP contribution in [0.5, 0.6) is 11.5 Å². The van der Waals surface area contributed by atoms with E-state index in [0.29, 0.717) is 11.5 Å². The van der Waals surface area contributed by atoms with Crippen LogP contribution in [0.1, 0.15) is 16.2 Å². The normalized spacial score (nSPS) is 10.4. The summed E-state index contributed by atoms with van der Waals surface area (Å²) in [6.45, 7) is -0.136. The molecule has 0 atom stereocenters. The van der Waals surface area contributed by atoms with Crippen molar-refractivity contribution >= 4 is 5.97 Å². The van der Waals surface area contributed by atoms with Crippen molar-refractivity contribution in [2.45, 2.75) is 6.61 Å². The molecule has 0 unspecified atom stereocenters. The van der Waals surface area contributed by atoms with Gasteiger partial charge in [0, 0.05) is 5.56 Å². The van der Waals surface area contributed by atoms with Crippen LogP contribution in [0.2, 0.25) is 0 Å². The zero-order chi connectivity index (χ0) is 16.9. The van der Waals surface area contributed by atoms with Crippen molar-refractivity contribution in [3.05, 3.63) is 60.0 Å². The first-order chi connectivity index (χ1) is 11.7. The van der Waals surface area contributed by atoms with Gasteiger partial charge in [-0.3, -0.25) is 0 Å². The second-order valence-electron chi connectivity index (χ2n) is 4.85. The number of methoxy groups -OCH3 is 1. The Morgan fingerprint density at radius 3 is 2.46 bits per heavy atom. The average Bonchev–Trinajstić information content (AvgIpc) is 3.09. The summed E-state index contributed by atoms with van der Waals surface area (Å²) in [5.41, 5.74) is 1.06. The van der Waals surface area contributed by atoms with E-state index in [9.17, 15) is 9.90 Å².